The van der Waals surface area contributed by atoms with Crippen molar-refractivity contribution in [3.8, 4) is 23.0 Å². The Morgan fingerprint density at radius 1 is 0.593 bits per heavy atom. The van der Waals surface area contributed by atoms with Crippen molar-refractivity contribution in [3.63, 3.8) is 0 Å². The topological polar surface area (TPSA) is 176 Å². The molecule has 316 valence electrons. The molecule has 0 atom stereocenters. The lowest BCUT2D eigenvalue weighted by Gasteiger charge is -2.26. The van der Waals surface area contributed by atoms with Crippen LogP contribution in [-0.2, 0) is 42.9 Å². The minimum atomic E-state index is -0.783. The molecule has 1 fully saturated rings. The molecule has 0 aliphatic heterocycles. The first kappa shape index (κ1) is 45.5. The minimum absolute atomic E-state index is 0.0418. The largest absolute Gasteiger partial charge is 0.498 e. The second-order valence-corrected chi connectivity index (χ2v) is 13.8. The SMILES string of the molecule is C=CC(=O)OCCCCCCOc1ccc(OC(=O)C2CCC(C(=O)Oc3ccc(OC(=O)C4=CC=C(OCCCCOC(=O)C=C)CC4)cc3C(=O)OC)CC2)cc1. The molecule has 0 amide bonds. The molecule has 2 aromatic rings. The van der Waals surface area contributed by atoms with E-state index in [9.17, 15) is 28.8 Å². The number of ether oxygens (including phenoxy) is 8. The van der Waals surface area contributed by atoms with E-state index in [1.165, 1.54) is 25.3 Å². The zero-order valence-electron chi connectivity index (χ0n) is 33.4. The molecular weight excluding hydrogens is 764 g/mol. The number of carbonyl (C=O) groups is 6. The van der Waals surface area contributed by atoms with Gasteiger partial charge in [0.05, 0.1) is 51.1 Å². The molecule has 0 N–H and O–H groups in total. The second kappa shape index (κ2) is 24.6. The lowest BCUT2D eigenvalue weighted by atomic mass is 9.82. The van der Waals surface area contributed by atoms with E-state index in [1.54, 1.807) is 36.4 Å². The van der Waals surface area contributed by atoms with Gasteiger partial charge in [-0.15, -0.1) is 0 Å². The third-order valence-corrected chi connectivity index (χ3v) is 9.54. The quantitative estimate of drug-likeness (QED) is 0.0354. The van der Waals surface area contributed by atoms with Gasteiger partial charge in [0.25, 0.3) is 0 Å². The van der Waals surface area contributed by atoms with E-state index in [0.717, 1.165) is 37.8 Å². The van der Waals surface area contributed by atoms with E-state index < -0.39 is 41.7 Å². The van der Waals surface area contributed by atoms with Gasteiger partial charge in [0.2, 0.25) is 0 Å². The molecular formula is C45H52O14. The van der Waals surface area contributed by atoms with Crippen molar-refractivity contribution in [3.05, 3.63) is 96.8 Å². The van der Waals surface area contributed by atoms with Crippen molar-refractivity contribution >= 4 is 35.8 Å². The molecule has 14 heteroatoms. The van der Waals surface area contributed by atoms with Crippen LogP contribution in [0.4, 0.5) is 0 Å². The summed E-state index contributed by atoms with van der Waals surface area (Å²) in [5, 5.41) is 0. The summed E-state index contributed by atoms with van der Waals surface area (Å²) in [5.74, 6) is -2.31. The normalized spacial score (nSPS) is 15.9. The van der Waals surface area contributed by atoms with Crippen LogP contribution in [0.25, 0.3) is 0 Å². The van der Waals surface area contributed by atoms with Gasteiger partial charge in [0.1, 0.15) is 28.6 Å². The standard InChI is InChI=1S/C45H52O14/c1-4-40(46)55-28-9-7-6-8-26-53-35-20-22-36(23-21-35)57-42(48)31-12-14-32(15-13-31)44(50)59-39-25-24-37(30-38(39)45(51)52-3)58-43(49)33-16-18-34(19-17-33)54-27-10-11-29-56-41(47)5-2/h4-5,16,18,20-25,30-32H,1-2,6-15,17,19,26-29H2,3H3. The molecule has 4 rings (SSSR count). The molecule has 0 spiro atoms. The Hall–Kier alpha value is -6.18. The summed E-state index contributed by atoms with van der Waals surface area (Å²) in [6.07, 6.45) is 12.9. The number of allylic oxidation sites excluding steroid dienone is 3. The minimum Gasteiger partial charge on any atom is -0.498 e. The Kier molecular flexibility index (Phi) is 18.9. The average molecular weight is 817 g/mol. The molecule has 0 aromatic heterocycles. The number of methoxy groups -OCH3 is 1. The van der Waals surface area contributed by atoms with Crippen molar-refractivity contribution in [1.82, 2.24) is 0 Å². The number of hydrogen-bond donors (Lipinski definition) is 0. The maximum atomic E-state index is 13.2. The van der Waals surface area contributed by atoms with Crippen LogP contribution in [0.1, 0.15) is 87.4 Å². The number of rotatable bonds is 23. The van der Waals surface area contributed by atoms with Gasteiger partial charge in [-0.1, -0.05) is 13.2 Å². The van der Waals surface area contributed by atoms with Crippen molar-refractivity contribution in [1.29, 1.82) is 0 Å². The summed E-state index contributed by atoms with van der Waals surface area (Å²) in [6, 6.07) is 10.9. The predicted molar refractivity (Wildman–Crippen MR) is 213 cm³/mol. The van der Waals surface area contributed by atoms with E-state index in [1.807, 2.05) is 0 Å². The molecule has 0 radical (unpaired) electrons. The fourth-order valence-electron chi connectivity index (χ4n) is 6.19. The zero-order valence-corrected chi connectivity index (χ0v) is 33.4. The predicted octanol–water partition coefficient (Wildman–Crippen LogP) is 7.49. The number of carbonyl (C=O) groups excluding carboxylic acids is 6. The van der Waals surface area contributed by atoms with Crippen LogP contribution in [0.3, 0.4) is 0 Å². The van der Waals surface area contributed by atoms with Crippen LogP contribution in [-0.4, -0.2) is 69.4 Å². The molecule has 2 aliphatic carbocycles. The van der Waals surface area contributed by atoms with Crippen molar-refractivity contribution in [2.45, 2.75) is 77.0 Å². The average Bonchev–Trinajstić information content (AvgIpc) is 3.26. The lowest BCUT2D eigenvalue weighted by Crippen LogP contribution is -2.30. The fourth-order valence-corrected chi connectivity index (χ4v) is 6.19. The fraction of sp³-hybridized carbons (Fsp3) is 0.422. The van der Waals surface area contributed by atoms with Crippen LogP contribution in [0.2, 0.25) is 0 Å². The van der Waals surface area contributed by atoms with Crippen molar-refractivity contribution in [2.75, 3.05) is 33.5 Å². The van der Waals surface area contributed by atoms with Crippen LogP contribution >= 0.6 is 0 Å². The summed E-state index contributed by atoms with van der Waals surface area (Å²) in [4.78, 5) is 73.9. The lowest BCUT2D eigenvalue weighted by molar-refractivity contribution is -0.145. The molecule has 59 heavy (non-hydrogen) atoms. The van der Waals surface area contributed by atoms with E-state index in [4.69, 9.17) is 37.9 Å². The third kappa shape index (κ3) is 15.6. The summed E-state index contributed by atoms with van der Waals surface area (Å²) < 4.78 is 43.1. The molecule has 2 aliphatic rings. The monoisotopic (exact) mass is 816 g/mol. The smallest absolute Gasteiger partial charge is 0.341 e. The van der Waals surface area contributed by atoms with Crippen LogP contribution < -0.4 is 18.9 Å². The van der Waals surface area contributed by atoms with Crippen molar-refractivity contribution in [2.24, 2.45) is 11.8 Å². The Morgan fingerprint density at radius 3 is 1.73 bits per heavy atom. The van der Waals surface area contributed by atoms with Crippen LogP contribution in [0.5, 0.6) is 23.0 Å². The Labute approximate surface area is 344 Å². The van der Waals surface area contributed by atoms with Crippen molar-refractivity contribution < 1.29 is 66.7 Å². The Balaban J connectivity index is 1.18. The highest BCUT2D eigenvalue weighted by molar-refractivity contribution is 5.95. The van der Waals surface area contributed by atoms with Gasteiger partial charge in [-0.25, -0.2) is 19.2 Å². The highest BCUT2D eigenvalue weighted by Crippen LogP contribution is 2.33. The van der Waals surface area contributed by atoms with E-state index in [0.29, 0.717) is 94.0 Å². The Morgan fingerprint density at radius 2 is 1.14 bits per heavy atom. The molecule has 2 aromatic carbocycles. The highest BCUT2D eigenvalue weighted by atomic mass is 16.6. The maximum absolute atomic E-state index is 13.2. The molecule has 0 unspecified atom stereocenters. The Bertz CT molecular complexity index is 1850. The molecule has 0 saturated heterocycles. The first-order chi connectivity index (χ1) is 28.6. The highest BCUT2D eigenvalue weighted by Gasteiger charge is 2.33. The van der Waals surface area contributed by atoms with Gasteiger partial charge < -0.3 is 37.9 Å². The number of hydrogen-bond acceptors (Lipinski definition) is 14. The summed E-state index contributed by atoms with van der Waals surface area (Å²) in [6.45, 7) is 8.33. The van der Waals surface area contributed by atoms with Gasteiger partial charge in [-0.05, 0) is 125 Å². The number of unbranched alkanes of at least 4 members (excludes halogenated alkanes) is 4. The van der Waals surface area contributed by atoms with E-state index >= 15 is 0 Å². The molecule has 1 saturated carbocycles. The first-order valence-electron chi connectivity index (χ1n) is 19.8. The van der Waals surface area contributed by atoms with Gasteiger partial charge in [-0.3, -0.25) is 9.59 Å². The van der Waals surface area contributed by atoms with Gasteiger partial charge >= 0.3 is 35.8 Å². The maximum Gasteiger partial charge on any atom is 0.341 e. The second-order valence-electron chi connectivity index (χ2n) is 13.8. The zero-order chi connectivity index (χ0) is 42.4. The molecule has 14 nitrogen and oxygen atoms in total. The summed E-state index contributed by atoms with van der Waals surface area (Å²) in [5.41, 5.74) is 0.321. The van der Waals surface area contributed by atoms with Crippen LogP contribution in [0, 0.1) is 11.8 Å². The van der Waals surface area contributed by atoms with E-state index in [2.05, 4.69) is 13.2 Å². The van der Waals surface area contributed by atoms with Gasteiger partial charge in [-0.2, -0.15) is 0 Å². The number of benzene rings is 2. The van der Waals surface area contributed by atoms with Gasteiger partial charge in [0, 0.05) is 24.1 Å². The third-order valence-electron chi connectivity index (χ3n) is 9.54. The first-order valence-corrected chi connectivity index (χ1v) is 19.8. The summed E-state index contributed by atoms with van der Waals surface area (Å²) in [7, 11) is 1.19. The summed E-state index contributed by atoms with van der Waals surface area (Å²) >= 11 is 0. The van der Waals surface area contributed by atoms with Crippen LogP contribution in [0.15, 0.2) is 91.3 Å². The molecule has 0 bridgehead atoms. The van der Waals surface area contributed by atoms with Gasteiger partial charge in [0.15, 0.2) is 0 Å². The number of esters is 6. The van der Waals surface area contributed by atoms with E-state index in [-0.39, 0.29) is 29.6 Å². The molecule has 0 heterocycles.